The van der Waals surface area contributed by atoms with Gasteiger partial charge in [0.1, 0.15) is 0 Å². The van der Waals surface area contributed by atoms with Crippen molar-refractivity contribution < 1.29 is 9.59 Å². The predicted octanol–water partition coefficient (Wildman–Crippen LogP) is 1.17. The minimum Gasteiger partial charge on any atom is -0.359 e. The van der Waals surface area contributed by atoms with E-state index in [9.17, 15) is 9.59 Å². The molecule has 0 aromatic heterocycles. The number of halogens is 1. The summed E-state index contributed by atoms with van der Waals surface area (Å²) in [6, 6.07) is 7.34. The summed E-state index contributed by atoms with van der Waals surface area (Å²) >= 11 is 0. The van der Waals surface area contributed by atoms with E-state index >= 15 is 0 Å². The van der Waals surface area contributed by atoms with Gasteiger partial charge in [-0.25, -0.2) is 0 Å². The first-order chi connectivity index (χ1) is 9.65. The fourth-order valence-corrected chi connectivity index (χ4v) is 2.55. The molecule has 1 unspecified atom stereocenters. The molecule has 1 aliphatic heterocycles. The molecule has 1 aliphatic rings. The molecule has 0 bridgehead atoms. The maximum atomic E-state index is 12.4. The average molecular weight is 312 g/mol. The number of rotatable bonds is 3. The topological polar surface area (TPSA) is 75.4 Å². The van der Waals surface area contributed by atoms with Crippen molar-refractivity contribution in [3.05, 3.63) is 35.4 Å². The second kappa shape index (κ2) is 8.00. The number of benzene rings is 1. The van der Waals surface area contributed by atoms with Crippen molar-refractivity contribution in [1.29, 1.82) is 0 Å². The summed E-state index contributed by atoms with van der Waals surface area (Å²) < 4.78 is 0. The van der Waals surface area contributed by atoms with Crippen LogP contribution in [0.25, 0.3) is 0 Å². The van der Waals surface area contributed by atoms with Crippen LogP contribution in [0, 0.1) is 5.92 Å². The van der Waals surface area contributed by atoms with E-state index in [2.05, 4.69) is 5.32 Å². The van der Waals surface area contributed by atoms with Gasteiger partial charge in [0.2, 0.25) is 5.91 Å². The van der Waals surface area contributed by atoms with E-state index in [0.717, 1.165) is 18.4 Å². The van der Waals surface area contributed by atoms with Crippen LogP contribution >= 0.6 is 12.4 Å². The second-order valence-electron chi connectivity index (χ2n) is 5.11. The summed E-state index contributed by atoms with van der Waals surface area (Å²) in [4.78, 5) is 25.9. The predicted molar refractivity (Wildman–Crippen MR) is 84.3 cm³/mol. The molecule has 0 radical (unpaired) electrons. The number of piperidine rings is 1. The van der Waals surface area contributed by atoms with Gasteiger partial charge in [-0.2, -0.15) is 0 Å². The molecule has 1 heterocycles. The third kappa shape index (κ3) is 4.19. The van der Waals surface area contributed by atoms with Gasteiger partial charge in [-0.05, 0) is 30.5 Å². The van der Waals surface area contributed by atoms with Crippen LogP contribution in [0.5, 0.6) is 0 Å². The van der Waals surface area contributed by atoms with Crippen molar-refractivity contribution in [2.45, 2.75) is 19.4 Å². The Hall–Kier alpha value is -1.59. The summed E-state index contributed by atoms with van der Waals surface area (Å²) in [6.07, 6.45) is 1.71. The zero-order valence-electron chi connectivity index (χ0n) is 12.2. The molecular formula is C15H22ClN3O2. The number of nitrogens with one attached hydrogen (secondary N) is 1. The van der Waals surface area contributed by atoms with Crippen LogP contribution in [0.2, 0.25) is 0 Å². The van der Waals surface area contributed by atoms with Gasteiger partial charge in [-0.3, -0.25) is 9.59 Å². The van der Waals surface area contributed by atoms with E-state index in [1.165, 1.54) is 0 Å². The van der Waals surface area contributed by atoms with Gasteiger partial charge in [0.05, 0.1) is 5.92 Å². The van der Waals surface area contributed by atoms with E-state index in [0.29, 0.717) is 25.2 Å². The van der Waals surface area contributed by atoms with Crippen molar-refractivity contribution in [1.82, 2.24) is 10.2 Å². The lowest BCUT2D eigenvalue weighted by Gasteiger charge is -2.31. The molecule has 3 N–H and O–H groups in total. The molecule has 21 heavy (non-hydrogen) atoms. The fraction of sp³-hybridized carbons (Fsp3) is 0.467. The number of hydrogen-bond acceptors (Lipinski definition) is 3. The molecule has 2 rings (SSSR count). The van der Waals surface area contributed by atoms with Gasteiger partial charge in [0.15, 0.2) is 0 Å². The van der Waals surface area contributed by atoms with Crippen LogP contribution in [0.4, 0.5) is 0 Å². The quantitative estimate of drug-likeness (QED) is 0.879. The van der Waals surface area contributed by atoms with Gasteiger partial charge in [-0.15, -0.1) is 12.4 Å². The second-order valence-corrected chi connectivity index (χ2v) is 5.11. The van der Waals surface area contributed by atoms with E-state index in [1.807, 2.05) is 12.1 Å². The maximum absolute atomic E-state index is 12.4. The van der Waals surface area contributed by atoms with Crippen LogP contribution in [0.1, 0.15) is 28.8 Å². The maximum Gasteiger partial charge on any atom is 0.253 e. The van der Waals surface area contributed by atoms with E-state index < -0.39 is 0 Å². The van der Waals surface area contributed by atoms with Crippen LogP contribution in [0.3, 0.4) is 0 Å². The van der Waals surface area contributed by atoms with Crippen LogP contribution in [-0.2, 0) is 11.3 Å². The Kier molecular flexibility index (Phi) is 6.65. The average Bonchev–Trinajstić information content (AvgIpc) is 2.53. The number of likely N-dealkylation sites (tertiary alicyclic amines) is 1. The molecule has 116 valence electrons. The first-order valence-electron chi connectivity index (χ1n) is 6.95. The van der Waals surface area contributed by atoms with Crippen molar-refractivity contribution >= 4 is 24.2 Å². The summed E-state index contributed by atoms with van der Waals surface area (Å²) in [5.74, 6) is -0.0934. The molecule has 0 saturated carbocycles. The van der Waals surface area contributed by atoms with Crippen molar-refractivity contribution in [3.8, 4) is 0 Å². The largest absolute Gasteiger partial charge is 0.359 e. The molecule has 1 fully saturated rings. The first kappa shape index (κ1) is 17.5. The highest BCUT2D eigenvalue weighted by Crippen LogP contribution is 2.19. The van der Waals surface area contributed by atoms with E-state index in [-0.39, 0.29) is 30.1 Å². The molecule has 1 aromatic carbocycles. The Balaban J connectivity index is 0.00000220. The molecule has 0 aliphatic carbocycles. The number of nitrogens with zero attached hydrogens (tertiary/aromatic N) is 1. The van der Waals surface area contributed by atoms with Gasteiger partial charge in [0.25, 0.3) is 5.91 Å². The lowest BCUT2D eigenvalue weighted by atomic mass is 9.96. The van der Waals surface area contributed by atoms with E-state index in [1.54, 1.807) is 24.1 Å². The molecule has 0 spiro atoms. The number of nitrogens with two attached hydrogens (primary N) is 1. The number of carbonyl (C=O) groups excluding carboxylic acids is 2. The number of amides is 2. The van der Waals surface area contributed by atoms with E-state index in [4.69, 9.17) is 5.73 Å². The highest BCUT2D eigenvalue weighted by molar-refractivity contribution is 5.94. The van der Waals surface area contributed by atoms with Gasteiger partial charge in [0, 0.05) is 32.2 Å². The molecule has 6 heteroatoms. The SMILES string of the molecule is CNC(=O)C1CCCN(C(=O)c2ccc(CN)cc2)C1.Cl. The Bertz CT molecular complexity index is 490. The molecule has 1 saturated heterocycles. The Morgan fingerprint density at radius 1 is 1.33 bits per heavy atom. The summed E-state index contributed by atoms with van der Waals surface area (Å²) in [5.41, 5.74) is 7.20. The molecule has 1 aromatic rings. The fourth-order valence-electron chi connectivity index (χ4n) is 2.55. The van der Waals surface area contributed by atoms with Crippen molar-refractivity contribution in [2.24, 2.45) is 11.7 Å². The Morgan fingerprint density at radius 3 is 2.57 bits per heavy atom. The monoisotopic (exact) mass is 311 g/mol. The Morgan fingerprint density at radius 2 is 2.00 bits per heavy atom. The summed E-state index contributed by atoms with van der Waals surface area (Å²) in [5, 5.41) is 2.66. The third-order valence-corrected chi connectivity index (χ3v) is 3.76. The van der Waals surface area contributed by atoms with Gasteiger partial charge >= 0.3 is 0 Å². The zero-order chi connectivity index (χ0) is 14.5. The van der Waals surface area contributed by atoms with Crippen molar-refractivity contribution in [3.63, 3.8) is 0 Å². The first-order valence-corrected chi connectivity index (χ1v) is 6.95. The van der Waals surface area contributed by atoms with Crippen LogP contribution in [-0.4, -0.2) is 36.9 Å². The van der Waals surface area contributed by atoms with Crippen LogP contribution < -0.4 is 11.1 Å². The number of hydrogen-bond donors (Lipinski definition) is 2. The summed E-state index contributed by atoms with van der Waals surface area (Å²) in [6.45, 7) is 1.68. The lowest BCUT2D eigenvalue weighted by Crippen LogP contribution is -2.44. The molecule has 2 amide bonds. The minimum absolute atomic E-state index is 0. The smallest absolute Gasteiger partial charge is 0.253 e. The molecular weight excluding hydrogens is 290 g/mol. The number of carbonyl (C=O) groups is 2. The standard InChI is InChI=1S/C15H21N3O2.ClH/c1-17-14(19)13-3-2-8-18(10-13)15(20)12-6-4-11(9-16)5-7-12;/h4-7,13H,2-3,8-10,16H2,1H3,(H,17,19);1H. The van der Waals surface area contributed by atoms with Crippen molar-refractivity contribution in [2.75, 3.05) is 20.1 Å². The zero-order valence-corrected chi connectivity index (χ0v) is 13.0. The highest BCUT2D eigenvalue weighted by atomic mass is 35.5. The Labute approximate surface area is 131 Å². The van der Waals surface area contributed by atoms with Gasteiger partial charge in [-0.1, -0.05) is 12.1 Å². The van der Waals surface area contributed by atoms with Gasteiger partial charge < -0.3 is 16.0 Å². The van der Waals surface area contributed by atoms with Crippen LogP contribution in [0.15, 0.2) is 24.3 Å². The normalized spacial score (nSPS) is 17.8. The lowest BCUT2D eigenvalue weighted by molar-refractivity contribution is -0.125. The molecule has 1 atom stereocenters. The third-order valence-electron chi connectivity index (χ3n) is 3.76. The minimum atomic E-state index is -0.0963. The highest BCUT2D eigenvalue weighted by Gasteiger charge is 2.28. The molecule has 5 nitrogen and oxygen atoms in total. The summed E-state index contributed by atoms with van der Waals surface area (Å²) in [7, 11) is 1.63.